The van der Waals surface area contributed by atoms with Crippen molar-refractivity contribution in [3.05, 3.63) is 0 Å². The van der Waals surface area contributed by atoms with Gasteiger partial charge in [-0.25, -0.2) is 12.7 Å². The molecule has 1 N–H and O–H groups in total. The maximum Gasteiger partial charge on any atom is 0.236 e. The van der Waals surface area contributed by atoms with Gasteiger partial charge in [-0.2, -0.15) is 0 Å². The summed E-state index contributed by atoms with van der Waals surface area (Å²) in [4.78, 5) is 11.6. The minimum atomic E-state index is -3.44. The van der Waals surface area contributed by atoms with Crippen molar-refractivity contribution in [3.8, 4) is 0 Å². The van der Waals surface area contributed by atoms with Gasteiger partial charge in [0.1, 0.15) is 5.75 Å². The van der Waals surface area contributed by atoms with Crippen molar-refractivity contribution in [2.75, 3.05) is 26.4 Å². The molecule has 0 bridgehead atoms. The molecule has 1 saturated carbocycles. The zero-order valence-electron chi connectivity index (χ0n) is 12.2. The van der Waals surface area contributed by atoms with Gasteiger partial charge in [0.15, 0.2) is 0 Å². The van der Waals surface area contributed by atoms with Crippen molar-refractivity contribution in [1.29, 1.82) is 0 Å². The minimum absolute atomic E-state index is 0.405. The molecule has 2 atom stereocenters. The molecule has 0 aromatic carbocycles. The smallest absolute Gasteiger partial charge is 0.236 e. The number of nitrogens with zero attached hydrogens (tertiary/aromatic N) is 1. The molecule has 1 rings (SSSR count). The first kappa shape index (κ1) is 16.4. The number of carbonyl (C=O) groups excluding carboxylic acids is 1. The van der Waals surface area contributed by atoms with Crippen LogP contribution in [0.3, 0.4) is 0 Å². The molecule has 1 fully saturated rings. The number of carbonyl (C=O) groups is 1. The fourth-order valence-corrected chi connectivity index (χ4v) is 3.28. The lowest BCUT2D eigenvalue weighted by Gasteiger charge is -2.26. The van der Waals surface area contributed by atoms with Crippen LogP contribution >= 0.6 is 0 Å². The van der Waals surface area contributed by atoms with Crippen LogP contribution in [-0.2, 0) is 14.8 Å². The van der Waals surface area contributed by atoms with Crippen LogP contribution in [0.4, 0.5) is 0 Å². The first-order chi connectivity index (χ1) is 8.81. The topological polar surface area (TPSA) is 66.5 Å². The van der Waals surface area contributed by atoms with E-state index in [0.717, 1.165) is 16.6 Å². The van der Waals surface area contributed by atoms with E-state index in [2.05, 4.69) is 12.2 Å². The summed E-state index contributed by atoms with van der Waals surface area (Å²) in [5, 5.41) is 2.71. The molecule has 6 heteroatoms. The molecular weight excluding hydrogens is 264 g/mol. The van der Waals surface area contributed by atoms with Crippen molar-refractivity contribution >= 4 is 15.9 Å². The number of rotatable bonds is 6. The third-order valence-corrected chi connectivity index (χ3v) is 5.53. The third kappa shape index (κ3) is 5.91. The zero-order valence-corrected chi connectivity index (χ0v) is 13.0. The molecule has 1 aliphatic carbocycles. The van der Waals surface area contributed by atoms with Crippen LogP contribution in [0, 0.1) is 11.8 Å². The molecule has 19 heavy (non-hydrogen) atoms. The van der Waals surface area contributed by atoms with E-state index in [1.807, 2.05) is 0 Å². The van der Waals surface area contributed by atoms with Crippen LogP contribution in [0.1, 0.15) is 39.0 Å². The average molecular weight is 290 g/mol. The molecular formula is C13H26N2O3S. The second-order valence-corrected chi connectivity index (χ2v) is 8.00. The quantitative estimate of drug-likeness (QED) is 0.799. The van der Waals surface area contributed by atoms with Gasteiger partial charge in [-0.05, 0) is 24.7 Å². The summed E-state index contributed by atoms with van der Waals surface area (Å²) in [6.07, 6.45) is 6.00. The van der Waals surface area contributed by atoms with Crippen LogP contribution in [0.2, 0.25) is 0 Å². The SMILES string of the molecule is CC1CCCC(CCNC(=O)CS(=O)(=O)N(C)C)C1. The molecule has 0 aliphatic heterocycles. The number of amides is 1. The summed E-state index contributed by atoms with van der Waals surface area (Å²) in [5.41, 5.74) is 0. The van der Waals surface area contributed by atoms with Crippen molar-refractivity contribution in [1.82, 2.24) is 9.62 Å². The monoisotopic (exact) mass is 290 g/mol. The van der Waals surface area contributed by atoms with Crippen molar-refractivity contribution < 1.29 is 13.2 Å². The Morgan fingerprint density at radius 2 is 2.00 bits per heavy atom. The standard InChI is InChI=1S/C13H26N2O3S/c1-11-5-4-6-12(9-11)7-8-14-13(16)10-19(17,18)15(2)3/h11-12H,4-10H2,1-3H3,(H,14,16). The van der Waals surface area contributed by atoms with Gasteiger partial charge in [0.2, 0.25) is 15.9 Å². The third-order valence-electron chi connectivity index (χ3n) is 3.79. The molecule has 0 heterocycles. The Hall–Kier alpha value is -0.620. The minimum Gasteiger partial charge on any atom is -0.355 e. The Labute approximate surface area is 116 Å². The van der Waals surface area contributed by atoms with Gasteiger partial charge >= 0.3 is 0 Å². The summed E-state index contributed by atoms with van der Waals surface area (Å²) >= 11 is 0. The second kappa shape index (κ2) is 7.24. The van der Waals surface area contributed by atoms with Crippen LogP contribution in [0.5, 0.6) is 0 Å². The lowest BCUT2D eigenvalue weighted by atomic mass is 9.81. The fourth-order valence-electron chi connectivity index (χ4n) is 2.58. The molecule has 2 unspecified atom stereocenters. The highest BCUT2D eigenvalue weighted by Crippen LogP contribution is 2.30. The van der Waals surface area contributed by atoms with Gasteiger partial charge in [-0.15, -0.1) is 0 Å². The Morgan fingerprint density at radius 1 is 1.32 bits per heavy atom. The second-order valence-electron chi connectivity index (χ2n) is 5.82. The largest absolute Gasteiger partial charge is 0.355 e. The number of hydrogen-bond acceptors (Lipinski definition) is 3. The van der Waals surface area contributed by atoms with Crippen molar-refractivity contribution in [2.45, 2.75) is 39.0 Å². The molecule has 0 radical (unpaired) electrons. The molecule has 1 aliphatic rings. The lowest BCUT2D eigenvalue weighted by molar-refractivity contribution is -0.118. The average Bonchev–Trinajstić information content (AvgIpc) is 2.28. The van der Waals surface area contributed by atoms with E-state index >= 15 is 0 Å². The van der Waals surface area contributed by atoms with Crippen molar-refractivity contribution in [2.24, 2.45) is 11.8 Å². The van der Waals surface area contributed by atoms with E-state index in [0.29, 0.717) is 12.5 Å². The first-order valence-electron chi connectivity index (χ1n) is 6.98. The van der Waals surface area contributed by atoms with Gasteiger partial charge in [0.25, 0.3) is 0 Å². The summed E-state index contributed by atoms with van der Waals surface area (Å²) < 4.78 is 24.1. The van der Waals surface area contributed by atoms with Crippen LogP contribution in [0.15, 0.2) is 0 Å². The van der Waals surface area contributed by atoms with Gasteiger partial charge in [0.05, 0.1) is 0 Å². The van der Waals surface area contributed by atoms with Gasteiger partial charge < -0.3 is 5.32 Å². The van der Waals surface area contributed by atoms with E-state index in [1.165, 1.54) is 39.8 Å². The van der Waals surface area contributed by atoms with E-state index in [9.17, 15) is 13.2 Å². The number of hydrogen-bond donors (Lipinski definition) is 1. The molecule has 5 nitrogen and oxygen atoms in total. The highest BCUT2D eigenvalue weighted by atomic mass is 32.2. The van der Waals surface area contributed by atoms with Crippen LogP contribution in [-0.4, -0.2) is 45.0 Å². The Balaban J connectivity index is 2.24. The predicted octanol–water partition coefficient (Wildman–Crippen LogP) is 1.21. The lowest BCUT2D eigenvalue weighted by Crippen LogP contribution is -2.36. The highest BCUT2D eigenvalue weighted by molar-refractivity contribution is 7.89. The normalized spacial score (nSPS) is 24.4. The number of sulfonamides is 1. The maximum atomic E-state index is 11.6. The van der Waals surface area contributed by atoms with E-state index in [4.69, 9.17) is 0 Å². The number of nitrogens with one attached hydrogen (secondary N) is 1. The summed E-state index contributed by atoms with van der Waals surface area (Å²) in [5.74, 6) is 0.594. The highest BCUT2D eigenvalue weighted by Gasteiger charge is 2.20. The van der Waals surface area contributed by atoms with Gasteiger partial charge in [0, 0.05) is 20.6 Å². The van der Waals surface area contributed by atoms with Gasteiger partial charge in [-0.1, -0.05) is 26.2 Å². The molecule has 0 aromatic rings. The van der Waals surface area contributed by atoms with E-state index in [-0.39, 0.29) is 0 Å². The predicted molar refractivity (Wildman–Crippen MR) is 76.2 cm³/mol. The Morgan fingerprint density at radius 3 is 2.58 bits per heavy atom. The fraction of sp³-hybridized carbons (Fsp3) is 0.923. The maximum absolute atomic E-state index is 11.6. The summed E-state index contributed by atoms with van der Waals surface area (Å²) in [7, 11) is -0.567. The first-order valence-corrected chi connectivity index (χ1v) is 8.59. The molecule has 0 spiro atoms. The van der Waals surface area contributed by atoms with Crippen molar-refractivity contribution in [3.63, 3.8) is 0 Å². The van der Waals surface area contributed by atoms with Crippen LogP contribution in [0.25, 0.3) is 0 Å². The zero-order chi connectivity index (χ0) is 14.5. The molecule has 0 saturated heterocycles. The molecule has 0 aromatic heterocycles. The van der Waals surface area contributed by atoms with E-state index in [1.54, 1.807) is 0 Å². The van der Waals surface area contributed by atoms with Crippen LogP contribution < -0.4 is 5.32 Å². The summed E-state index contributed by atoms with van der Waals surface area (Å²) in [6.45, 7) is 2.85. The molecule has 1 amide bonds. The van der Waals surface area contributed by atoms with E-state index < -0.39 is 21.7 Å². The Bertz CT molecular complexity index is 393. The summed E-state index contributed by atoms with van der Waals surface area (Å²) in [6, 6.07) is 0. The molecule has 112 valence electrons. The van der Waals surface area contributed by atoms with Gasteiger partial charge in [-0.3, -0.25) is 4.79 Å². The Kier molecular flexibility index (Phi) is 6.26.